The van der Waals surface area contributed by atoms with Crippen LogP contribution in [0.15, 0.2) is 48.8 Å². The van der Waals surface area contributed by atoms with Crippen molar-refractivity contribution in [2.24, 2.45) is 0 Å². The highest BCUT2D eigenvalue weighted by Gasteiger charge is 2.28. The highest BCUT2D eigenvalue weighted by atomic mass is 16.5. The first-order valence-electron chi connectivity index (χ1n) is 9.60. The Labute approximate surface area is 164 Å². The largest absolute Gasteiger partial charge is 0.487 e. The van der Waals surface area contributed by atoms with Gasteiger partial charge in [0.2, 0.25) is 0 Å². The second kappa shape index (κ2) is 7.64. The molecule has 0 aliphatic carbocycles. The number of aryl methyl sites for hydroxylation is 1. The van der Waals surface area contributed by atoms with Crippen LogP contribution < -0.4 is 4.74 Å². The third kappa shape index (κ3) is 3.73. The molecule has 0 bridgehead atoms. The van der Waals surface area contributed by atoms with Gasteiger partial charge in [0, 0.05) is 24.5 Å². The van der Waals surface area contributed by atoms with E-state index >= 15 is 0 Å². The molecule has 0 radical (unpaired) electrons. The molecule has 2 atom stereocenters. The summed E-state index contributed by atoms with van der Waals surface area (Å²) in [6.07, 6.45) is 4.02. The van der Waals surface area contributed by atoms with Gasteiger partial charge in [0.1, 0.15) is 18.0 Å². The van der Waals surface area contributed by atoms with Crippen LogP contribution in [0.4, 0.5) is 0 Å². The molecule has 0 N–H and O–H groups in total. The number of morpholine rings is 1. The zero-order chi connectivity index (χ0) is 19.7. The lowest BCUT2D eigenvalue weighted by atomic mass is 10.1. The Bertz CT molecular complexity index is 980. The summed E-state index contributed by atoms with van der Waals surface area (Å²) in [5.41, 5.74) is 3.60. The van der Waals surface area contributed by atoms with Crippen LogP contribution in [-0.2, 0) is 11.3 Å². The maximum absolute atomic E-state index is 12.8. The molecule has 3 aromatic rings. The molecule has 6 heteroatoms. The molecule has 3 heterocycles. The molecule has 1 saturated heterocycles. The number of imidazole rings is 1. The van der Waals surface area contributed by atoms with Crippen LogP contribution in [0.25, 0.3) is 5.65 Å². The van der Waals surface area contributed by atoms with Gasteiger partial charge in [0.15, 0.2) is 0 Å². The SMILES string of the molecule is Cc1cccn2cc(COc3ccc(C(=O)N4CC(C)OCC4C)cc3)nc12. The molecule has 2 unspecified atom stereocenters. The Balaban J connectivity index is 1.41. The third-order valence-electron chi connectivity index (χ3n) is 5.08. The second-order valence-electron chi connectivity index (χ2n) is 7.42. The van der Waals surface area contributed by atoms with Gasteiger partial charge in [-0.05, 0) is 56.7 Å². The van der Waals surface area contributed by atoms with Crippen molar-refractivity contribution in [2.45, 2.75) is 39.5 Å². The number of fused-ring (bicyclic) bond motifs is 1. The molecule has 4 rings (SSSR count). The van der Waals surface area contributed by atoms with E-state index in [1.54, 1.807) is 0 Å². The van der Waals surface area contributed by atoms with Gasteiger partial charge in [-0.25, -0.2) is 4.98 Å². The van der Waals surface area contributed by atoms with Crippen molar-refractivity contribution in [3.8, 4) is 5.75 Å². The predicted molar refractivity (Wildman–Crippen MR) is 107 cm³/mol. The summed E-state index contributed by atoms with van der Waals surface area (Å²) in [4.78, 5) is 19.3. The predicted octanol–water partition coefficient (Wildman–Crippen LogP) is 3.47. The van der Waals surface area contributed by atoms with Gasteiger partial charge in [-0.15, -0.1) is 0 Å². The number of pyridine rings is 1. The van der Waals surface area contributed by atoms with E-state index in [-0.39, 0.29) is 18.1 Å². The number of benzene rings is 1. The molecule has 1 aliphatic rings. The monoisotopic (exact) mass is 379 g/mol. The van der Waals surface area contributed by atoms with Crippen molar-refractivity contribution in [2.75, 3.05) is 13.2 Å². The fourth-order valence-electron chi connectivity index (χ4n) is 3.48. The highest BCUT2D eigenvalue weighted by molar-refractivity contribution is 5.94. The van der Waals surface area contributed by atoms with E-state index in [9.17, 15) is 4.79 Å². The minimum atomic E-state index is 0.0324. The first-order valence-corrected chi connectivity index (χ1v) is 9.60. The van der Waals surface area contributed by atoms with Crippen LogP contribution in [0.5, 0.6) is 5.75 Å². The lowest BCUT2D eigenvalue weighted by Crippen LogP contribution is -2.50. The summed E-state index contributed by atoms with van der Waals surface area (Å²) in [6, 6.07) is 11.4. The number of amides is 1. The summed E-state index contributed by atoms with van der Waals surface area (Å²) in [6.45, 7) is 7.62. The summed E-state index contributed by atoms with van der Waals surface area (Å²) >= 11 is 0. The maximum atomic E-state index is 12.8. The Kier molecular flexibility index (Phi) is 5.05. The number of carbonyl (C=O) groups is 1. The molecule has 1 aliphatic heterocycles. The Morgan fingerprint density at radius 3 is 2.79 bits per heavy atom. The van der Waals surface area contributed by atoms with Crippen molar-refractivity contribution in [1.29, 1.82) is 0 Å². The smallest absolute Gasteiger partial charge is 0.254 e. The molecule has 1 fully saturated rings. The first-order chi connectivity index (χ1) is 13.5. The standard InChI is InChI=1S/C22H25N3O3/c1-15-5-4-10-24-12-19(23-21(15)24)14-28-20-8-6-18(7-9-20)22(26)25-11-17(3)27-13-16(25)2/h4-10,12,16-17H,11,13-14H2,1-3H3. The van der Waals surface area contributed by atoms with Crippen LogP contribution in [0.3, 0.4) is 0 Å². The molecule has 28 heavy (non-hydrogen) atoms. The molecule has 0 spiro atoms. The summed E-state index contributed by atoms with van der Waals surface area (Å²) in [5.74, 6) is 0.749. The molecular formula is C22H25N3O3. The number of carbonyl (C=O) groups excluding carboxylic acids is 1. The number of ether oxygens (including phenoxy) is 2. The lowest BCUT2D eigenvalue weighted by Gasteiger charge is -2.36. The number of aromatic nitrogens is 2. The van der Waals surface area contributed by atoms with Crippen molar-refractivity contribution in [1.82, 2.24) is 14.3 Å². The molecule has 2 aromatic heterocycles. The zero-order valence-electron chi connectivity index (χ0n) is 16.5. The van der Waals surface area contributed by atoms with Gasteiger partial charge in [0.25, 0.3) is 5.91 Å². The van der Waals surface area contributed by atoms with Gasteiger partial charge >= 0.3 is 0 Å². The maximum Gasteiger partial charge on any atom is 0.254 e. The van der Waals surface area contributed by atoms with Crippen LogP contribution in [-0.4, -0.2) is 45.5 Å². The zero-order valence-corrected chi connectivity index (χ0v) is 16.5. The van der Waals surface area contributed by atoms with Gasteiger partial charge in [-0.2, -0.15) is 0 Å². The van der Waals surface area contributed by atoms with Crippen LogP contribution >= 0.6 is 0 Å². The van der Waals surface area contributed by atoms with Crippen molar-refractivity contribution < 1.29 is 14.3 Å². The Morgan fingerprint density at radius 2 is 2.04 bits per heavy atom. The molecule has 1 aromatic carbocycles. The van der Waals surface area contributed by atoms with Gasteiger partial charge < -0.3 is 18.8 Å². The number of nitrogens with zero attached hydrogens (tertiary/aromatic N) is 3. The minimum Gasteiger partial charge on any atom is -0.487 e. The quantitative estimate of drug-likeness (QED) is 0.697. The Hall–Kier alpha value is -2.86. The number of rotatable bonds is 4. The van der Waals surface area contributed by atoms with Crippen molar-refractivity contribution in [3.05, 3.63) is 65.6 Å². The first kappa shape index (κ1) is 18.5. The molecule has 146 valence electrons. The van der Waals surface area contributed by atoms with E-state index in [1.165, 1.54) is 0 Å². The lowest BCUT2D eigenvalue weighted by molar-refractivity contribution is -0.0387. The van der Waals surface area contributed by atoms with Crippen molar-refractivity contribution >= 4 is 11.6 Å². The van der Waals surface area contributed by atoms with Crippen LogP contribution in [0.2, 0.25) is 0 Å². The summed E-state index contributed by atoms with van der Waals surface area (Å²) < 4.78 is 13.5. The third-order valence-corrected chi connectivity index (χ3v) is 5.08. The average Bonchev–Trinajstić information content (AvgIpc) is 3.13. The van der Waals surface area contributed by atoms with E-state index in [0.29, 0.717) is 31.1 Å². The minimum absolute atomic E-state index is 0.0324. The van der Waals surface area contributed by atoms with Gasteiger partial charge in [-0.3, -0.25) is 4.79 Å². The van der Waals surface area contributed by atoms with Crippen molar-refractivity contribution in [3.63, 3.8) is 0 Å². The normalized spacial score (nSPS) is 19.8. The van der Waals surface area contributed by atoms with E-state index in [1.807, 2.05) is 78.9 Å². The highest BCUT2D eigenvalue weighted by Crippen LogP contribution is 2.19. The average molecular weight is 379 g/mol. The molecule has 1 amide bonds. The van der Waals surface area contributed by atoms with E-state index < -0.39 is 0 Å². The van der Waals surface area contributed by atoms with Gasteiger partial charge in [-0.1, -0.05) is 6.07 Å². The molecule has 6 nitrogen and oxygen atoms in total. The van der Waals surface area contributed by atoms with E-state index in [4.69, 9.17) is 9.47 Å². The van der Waals surface area contributed by atoms with Crippen LogP contribution in [0, 0.1) is 6.92 Å². The van der Waals surface area contributed by atoms with E-state index in [0.717, 1.165) is 16.9 Å². The van der Waals surface area contributed by atoms with Gasteiger partial charge in [0.05, 0.1) is 24.4 Å². The topological polar surface area (TPSA) is 56.1 Å². The summed E-state index contributed by atoms with van der Waals surface area (Å²) in [7, 11) is 0. The van der Waals surface area contributed by atoms with E-state index in [2.05, 4.69) is 4.98 Å². The van der Waals surface area contributed by atoms with Crippen LogP contribution in [0.1, 0.15) is 35.5 Å². The fourth-order valence-corrected chi connectivity index (χ4v) is 3.48. The fraction of sp³-hybridized carbons (Fsp3) is 0.364. The number of hydrogen-bond acceptors (Lipinski definition) is 4. The Morgan fingerprint density at radius 1 is 1.25 bits per heavy atom. The summed E-state index contributed by atoms with van der Waals surface area (Å²) in [5, 5.41) is 0. The molecule has 0 saturated carbocycles. The molecular weight excluding hydrogens is 354 g/mol. The second-order valence-corrected chi connectivity index (χ2v) is 7.42. The number of hydrogen-bond donors (Lipinski definition) is 0.